The van der Waals surface area contributed by atoms with Crippen LogP contribution in [0.2, 0.25) is 0 Å². The third-order valence-electron chi connectivity index (χ3n) is 5.03. The second-order valence-electron chi connectivity index (χ2n) is 7.24. The molecule has 0 saturated carbocycles. The van der Waals surface area contributed by atoms with Crippen LogP contribution >= 0.6 is 0 Å². The molecule has 0 aliphatic carbocycles. The van der Waals surface area contributed by atoms with Gasteiger partial charge in [-0.15, -0.1) is 0 Å². The smallest absolute Gasteiger partial charge is 0.191 e. The fourth-order valence-corrected chi connectivity index (χ4v) is 3.47. The summed E-state index contributed by atoms with van der Waals surface area (Å²) in [5, 5.41) is 6.89. The van der Waals surface area contributed by atoms with Crippen LogP contribution in [-0.4, -0.2) is 82.8 Å². The summed E-state index contributed by atoms with van der Waals surface area (Å²) in [5.41, 5.74) is 0. The van der Waals surface area contributed by atoms with E-state index in [0.717, 1.165) is 69.8 Å². The van der Waals surface area contributed by atoms with Gasteiger partial charge in [0.15, 0.2) is 5.96 Å². The Morgan fingerprint density at radius 2 is 2.07 bits per heavy atom. The van der Waals surface area contributed by atoms with E-state index in [4.69, 9.17) is 9.15 Å². The first-order valence-corrected chi connectivity index (χ1v) is 10.1. The van der Waals surface area contributed by atoms with Crippen molar-refractivity contribution in [1.29, 1.82) is 0 Å². The first-order chi connectivity index (χ1) is 13.1. The van der Waals surface area contributed by atoms with Crippen LogP contribution in [0.4, 0.5) is 0 Å². The molecule has 0 aromatic carbocycles. The number of ether oxygens (including phenoxy) is 1. The van der Waals surface area contributed by atoms with Crippen LogP contribution in [-0.2, 0) is 4.74 Å². The monoisotopic (exact) mass is 379 g/mol. The number of likely N-dealkylation sites (tertiary alicyclic amines) is 1. The highest BCUT2D eigenvalue weighted by Gasteiger charge is 2.26. The molecule has 7 nitrogen and oxygen atoms in total. The van der Waals surface area contributed by atoms with Gasteiger partial charge in [-0.1, -0.05) is 0 Å². The summed E-state index contributed by atoms with van der Waals surface area (Å²) >= 11 is 0. The minimum Gasteiger partial charge on any atom is -0.465 e. The molecule has 1 unspecified atom stereocenters. The summed E-state index contributed by atoms with van der Waals surface area (Å²) in [6, 6.07) is 4.40. The number of methoxy groups -OCH3 is 1. The van der Waals surface area contributed by atoms with E-state index in [1.165, 1.54) is 12.8 Å². The zero-order chi connectivity index (χ0) is 19.5. The third kappa shape index (κ3) is 7.52. The summed E-state index contributed by atoms with van der Waals surface area (Å²) in [7, 11) is 5.70. The zero-order valence-electron chi connectivity index (χ0n) is 17.5. The molecule has 0 spiro atoms. The fraction of sp³-hybridized carbons (Fsp3) is 0.750. The van der Waals surface area contributed by atoms with Gasteiger partial charge in [-0.2, -0.15) is 0 Å². The summed E-state index contributed by atoms with van der Waals surface area (Å²) in [6.45, 7) is 8.73. The van der Waals surface area contributed by atoms with Gasteiger partial charge < -0.3 is 24.7 Å². The lowest BCUT2D eigenvalue weighted by Gasteiger charge is -2.27. The molecule has 27 heavy (non-hydrogen) atoms. The normalized spacial score (nSPS) is 16.9. The molecule has 1 aliphatic heterocycles. The number of guanidine groups is 1. The van der Waals surface area contributed by atoms with E-state index in [1.54, 1.807) is 7.11 Å². The van der Waals surface area contributed by atoms with Crippen molar-refractivity contribution in [3.8, 4) is 0 Å². The summed E-state index contributed by atoms with van der Waals surface area (Å²) < 4.78 is 11.0. The highest BCUT2D eigenvalue weighted by molar-refractivity contribution is 5.79. The largest absolute Gasteiger partial charge is 0.465 e. The summed E-state index contributed by atoms with van der Waals surface area (Å²) in [6.07, 6.45) is 3.58. The third-order valence-corrected chi connectivity index (χ3v) is 5.03. The van der Waals surface area contributed by atoms with Gasteiger partial charge in [0, 0.05) is 46.9 Å². The van der Waals surface area contributed by atoms with E-state index < -0.39 is 0 Å². The van der Waals surface area contributed by atoms with Crippen molar-refractivity contribution in [3.63, 3.8) is 0 Å². The van der Waals surface area contributed by atoms with Gasteiger partial charge in [0.1, 0.15) is 11.5 Å². The lowest BCUT2D eigenvalue weighted by atomic mass is 10.2. The molecule has 7 heteroatoms. The molecule has 1 aromatic heterocycles. The minimum absolute atomic E-state index is 0.247. The van der Waals surface area contributed by atoms with E-state index in [1.807, 2.05) is 20.0 Å². The Morgan fingerprint density at radius 1 is 1.30 bits per heavy atom. The second kappa shape index (κ2) is 12.0. The maximum absolute atomic E-state index is 5.92. The molecule has 1 saturated heterocycles. The lowest BCUT2D eigenvalue weighted by Crippen LogP contribution is -2.44. The predicted molar refractivity (Wildman–Crippen MR) is 110 cm³/mol. The standard InChI is InChI=1S/C20H37N5O2/c1-17-8-9-19(27-17)18(25-12-5-6-13-25)16-23-20(21-2)22-10-14-24(3)11-7-15-26-4/h8-9,18H,5-7,10-16H2,1-4H3,(H2,21,22,23). The molecular weight excluding hydrogens is 342 g/mol. The van der Waals surface area contributed by atoms with Gasteiger partial charge in [-0.3, -0.25) is 9.89 Å². The number of aliphatic imine (C=N–C) groups is 1. The zero-order valence-corrected chi connectivity index (χ0v) is 17.5. The van der Waals surface area contributed by atoms with Crippen molar-refractivity contribution in [1.82, 2.24) is 20.4 Å². The van der Waals surface area contributed by atoms with Gasteiger partial charge in [0.25, 0.3) is 0 Å². The average Bonchev–Trinajstić information content (AvgIpc) is 3.33. The van der Waals surface area contributed by atoms with Crippen LogP contribution in [0, 0.1) is 6.92 Å². The molecule has 0 radical (unpaired) electrons. The van der Waals surface area contributed by atoms with Gasteiger partial charge in [0.2, 0.25) is 0 Å². The molecule has 2 N–H and O–H groups in total. The van der Waals surface area contributed by atoms with Crippen molar-refractivity contribution in [2.24, 2.45) is 4.99 Å². The Kier molecular flexibility index (Phi) is 9.66. The van der Waals surface area contributed by atoms with Crippen LogP contribution in [0.1, 0.15) is 36.8 Å². The molecule has 1 aliphatic rings. The summed E-state index contributed by atoms with van der Waals surface area (Å²) in [4.78, 5) is 9.17. The molecule has 2 heterocycles. The quantitative estimate of drug-likeness (QED) is 0.348. The molecule has 1 aromatic rings. The lowest BCUT2D eigenvalue weighted by molar-refractivity contribution is 0.180. The topological polar surface area (TPSA) is 65.3 Å². The molecule has 0 amide bonds. The van der Waals surface area contributed by atoms with Crippen molar-refractivity contribution >= 4 is 5.96 Å². The molecule has 1 fully saturated rings. The predicted octanol–water partition coefficient (Wildman–Crippen LogP) is 1.86. The average molecular weight is 380 g/mol. The van der Waals surface area contributed by atoms with Crippen LogP contribution in [0.5, 0.6) is 0 Å². The number of hydrogen-bond donors (Lipinski definition) is 2. The number of furan rings is 1. The first-order valence-electron chi connectivity index (χ1n) is 10.1. The van der Waals surface area contributed by atoms with Gasteiger partial charge >= 0.3 is 0 Å². The maximum Gasteiger partial charge on any atom is 0.191 e. The van der Waals surface area contributed by atoms with Crippen molar-refractivity contribution in [2.45, 2.75) is 32.2 Å². The number of nitrogens with one attached hydrogen (secondary N) is 2. The minimum atomic E-state index is 0.247. The van der Waals surface area contributed by atoms with E-state index in [9.17, 15) is 0 Å². The SMILES string of the molecule is CN=C(NCCN(C)CCCOC)NCC(c1ccc(C)o1)N1CCCC1. The molecule has 154 valence electrons. The Balaban J connectivity index is 1.78. The fourth-order valence-electron chi connectivity index (χ4n) is 3.47. The van der Waals surface area contributed by atoms with Crippen molar-refractivity contribution in [3.05, 3.63) is 23.7 Å². The molecular formula is C20H37N5O2. The number of aryl methyl sites for hydroxylation is 1. The highest BCUT2D eigenvalue weighted by Crippen LogP contribution is 2.26. The van der Waals surface area contributed by atoms with Gasteiger partial charge in [-0.05, 0) is 58.5 Å². The Labute approximate surface area is 164 Å². The number of hydrogen-bond acceptors (Lipinski definition) is 5. The number of nitrogens with zero attached hydrogens (tertiary/aromatic N) is 3. The van der Waals surface area contributed by atoms with E-state index in [0.29, 0.717) is 0 Å². The van der Waals surface area contributed by atoms with Crippen LogP contribution in [0.15, 0.2) is 21.5 Å². The maximum atomic E-state index is 5.92. The van der Waals surface area contributed by atoms with Crippen LogP contribution < -0.4 is 10.6 Å². The molecule has 2 rings (SSSR count). The van der Waals surface area contributed by atoms with Gasteiger partial charge in [0.05, 0.1) is 6.04 Å². The summed E-state index contributed by atoms with van der Waals surface area (Å²) in [5.74, 6) is 2.84. The molecule has 1 atom stereocenters. The first kappa shape index (κ1) is 21.7. The Hall–Kier alpha value is -1.57. The van der Waals surface area contributed by atoms with E-state index in [-0.39, 0.29) is 6.04 Å². The van der Waals surface area contributed by atoms with Gasteiger partial charge in [-0.25, -0.2) is 0 Å². The second-order valence-corrected chi connectivity index (χ2v) is 7.24. The van der Waals surface area contributed by atoms with Crippen molar-refractivity contribution in [2.75, 3.05) is 67.1 Å². The van der Waals surface area contributed by atoms with E-state index in [2.05, 4.69) is 38.5 Å². The highest BCUT2D eigenvalue weighted by atomic mass is 16.5. The molecule has 0 bridgehead atoms. The van der Waals surface area contributed by atoms with Crippen molar-refractivity contribution < 1.29 is 9.15 Å². The Morgan fingerprint density at radius 3 is 2.70 bits per heavy atom. The number of likely N-dealkylation sites (N-methyl/N-ethyl adjacent to an activating group) is 1. The van der Waals surface area contributed by atoms with E-state index >= 15 is 0 Å². The van der Waals surface area contributed by atoms with Crippen LogP contribution in [0.3, 0.4) is 0 Å². The van der Waals surface area contributed by atoms with Crippen LogP contribution in [0.25, 0.3) is 0 Å². The number of rotatable bonds is 11. The Bertz CT molecular complexity index is 554.